The van der Waals surface area contributed by atoms with Crippen LogP contribution in [0.15, 0.2) is 33.5 Å². The molecule has 100 valence electrons. The van der Waals surface area contributed by atoms with Crippen LogP contribution in [0.25, 0.3) is 11.0 Å². The lowest BCUT2D eigenvalue weighted by Gasteiger charge is -2.10. The van der Waals surface area contributed by atoms with Gasteiger partial charge < -0.3 is 20.6 Å². The average molecular weight is 262 g/mol. The summed E-state index contributed by atoms with van der Waals surface area (Å²) in [5, 5.41) is 12.3. The van der Waals surface area contributed by atoms with Gasteiger partial charge in [0, 0.05) is 18.4 Å². The monoisotopic (exact) mass is 262 g/mol. The number of carbonyl (C=O) groups is 1. The lowest BCUT2D eigenvalue weighted by atomic mass is 10.2. The van der Waals surface area contributed by atoms with Gasteiger partial charge in [-0.25, -0.2) is 4.79 Å². The van der Waals surface area contributed by atoms with Crippen LogP contribution in [0.2, 0.25) is 0 Å². The molecule has 0 aliphatic heterocycles. The number of nitrogens with one attached hydrogen (secondary N) is 1. The molecule has 0 amide bonds. The van der Waals surface area contributed by atoms with Gasteiger partial charge in [-0.15, -0.1) is 0 Å². The van der Waals surface area contributed by atoms with Gasteiger partial charge >= 0.3 is 11.6 Å². The van der Waals surface area contributed by atoms with Crippen molar-refractivity contribution in [2.45, 2.75) is 12.8 Å². The van der Waals surface area contributed by atoms with E-state index in [0.29, 0.717) is 29.6 Å². The van der Waals surface area contributed by atoms with Crippen LogP contribution in [-0.2, 0) is 4.79 Å². The van der Waals surface area contributed by atoms with Gasteiger partial charge in [0.2, 0.25) is 0 Å². The number of nitrogens with two attached hydrogens (primary N) is 1. The molecule has 0 spiro atoms. The third kappa shape index (κ3) is 2.85. The zero-order valence-corrected chi connectivity index (χ0v) is 10.2. The summed E-state index contributed by atoms with van der Waals surface area (Å²) in [6.07, 6.45) is 0.510. The molecule has 6 nitrogen and oxygen atoms in total. The molecule has 4 N–H and O–H groups in total. The second-order valence-corrected chi connectivity index (χ2v) is 4.10. The predicted molar refractivity (Wildman–Crippen MR) is 72.3 cm³/mol. The van der Waals surface area contributed by atoms with Crippen LogP contribution in [-0.4, -0.2) is 17.6 Å². The maximum absolute atomic E-state index is 11.6. The first-order valence-electron chi connectivity index (χ1n) is 5.86. The van der Waals surface area contributed by atoms with Crippen LogP contribution in [0.5, 0.6) is 0 Å². The SMILES string of the molecule is Nc1c(NCCCC(=O)O)c2ccccc2oc1=O. The summed E-state index contributed by atoms with van der Waals surface area (Å²) in [7, 11) is 0. The number of hydrogen-bond acceptors (Lipinski definition) is 5. The fraction of sp³-hybridized carbons (Fsp3) is 0.231. The van der Waals surface area contributed by atoms with Crippen LogP contribution >= 0.6 is 0 Å². The number of anilines is 2. The molecule has 1 heterocycles. The Kier molecular flexibility index (Phi) is 3.70. The Balaban J connectivity index is 2.28. The van der Waals surface area contributed by atoms with E-state index in [1.165, 1.54) is 0 Å². The second-order valence-electron chi connectivity index (χ2n) is 4.10. The third-order valence-electron chi connectivity index (χ3n) is 2.72. The van der Waals surface area contributed by atoms with Crippen molar-refractivity contribution in [3.05, 3.63) is 34.7 Å². The first-order valence-corrected chi connectivity index (χ1v) is 5.86. The fourth-order valence-electron chi connectivity index (χ4n) is 1.81. The summed E-state index contributed by atoms with van der Waals surface area (Å²) in [5.41, 5.74) is 6.06. The normalized spacial score (nSPS) is 10.5. The molecule has 1 aromatic carbocycles. The Hall–Kier alpha value is -2.50. The molecule has 2 rings (SSSR count). The molecule has 0 radical (unpaired) electrons. The maximum Gasteiger partial charge on any atom is 0.361 e. The van der Waals surface area contributed by atoms with Crippen molar-refractivity contribution >= 4 is 28.3 Å². The van der Waals surface area contributed by atoms with Gasteiger partial charge in [-0.3, -0.25) is 4.79 Å². The fourth-order valence-corrected chi connectivity index (χ4v) is 1.81. The molecule has 19 heavy (non-hydrogen) atoms. The summed E-state index contributed by atoms with van der Waals surface area (Å²) < 4.78 is 5.06. The van der Waals surface area contributed by atoms with Crippen molar-refractivity contribution in [3.8, 4) is 0 Å². The van der Waals surface area contributed by atoms with Crippen molar-refractivity contribution in [2.75, 3.05) is 17.6 Å². The van der Waals surface area contributed by atoms with Crippen LogP contribution in [0, 0.1) is 0 Å². The van der Waals surface area contributed by atoms with Crippen LogP contribution < -0.4 is 16.7 Å². The highest BCUT2D eigenvalue weighted by Crippen LogP contribution is 2.26. The van der Waals surface area contributed by atoms with Gasteiger partial charge in [-0.05, 0) is 18.6 Å². The lowest BCUT2D eigenvalue weighted by Crippen LogP contribution is -2.13. The Morgan fingerprint density at radius 1 is 1.37 bits per heavy atom. The predicted octanol–water partition coefficient (Wildman–Crippen LogP) is 1.65. The molecule has 0 saturated heterocycles. The topological polar surface area (TPSA) is 106 Å². The van der Waals surface area contributed by atoms with Crippen LogP contribution in [0.4, 0.5) is 11.4 Å². The van der Waals surface area contributed by atoms with Crippen molar-refractivity contribution in [1.82, 2.24) is 0 Å². The third-order valence-corrected chi connectivity index (χ3v) is 2.72. The quantitative estimate of drug-likeness (QED) is 0.559. The molecule has 0 unspecified atom stereocenters. The molecular formula is C13H14N2O4. The van der Waals surface area contributed by atoms with Gasteiger partial charge in [0.15, 0.2) is 0 Å². The van der Waals surface area contributed by atoms with E-state index >= 15 is 0 Å². The highest BCUT2D eigenvalue weighted by molar-refractivity contribution is 5.95. The molecule has 1 aromatic heterocycles. The number of aliphatic carboxylic acids is 1. The zero-order valence-electron chi connectivity index (χ0n) is 10.2. The van der Waals surface area contributed by atoms with Crippen molar-refractivity contribution < 1.29 is 14.3 Å². The maximum atomic E-state index is 11.6. The molecular weight excluding hydrogens is 248 g/mol. The standard InChI is InChI=1S/C13H14N2O4/c14-11-12(15-7-3-6-10(16)17)8-4-1-2-5-9(8)19-13(11)18/h1-2,4-5,15H,3,6-7,14H2,(H,16,17). The Morgan fingerprint density at radius 2 is 2.11 bits per heavy atom. The van der Waals surface area contributed by atoms with Crippen molar-refractivity contribution in [2.24, 2.45) is 0 Å². The van der Waals surface area contributed by atoms with Crippen molar-refractivity contribution in [1.29, 1.82) is 0 Å². The molecule has 0 aliphatic carbocycles. The van der Waals surface area contributed by atoms with E-state index in [-0.39, 0.29) is 12.1 Å². The number of hydrogen-bond donors (Lipinski definition) is 3. The lowest BCUT2D eigenvalue weighted by molar-refractivity contribution is -0.137. The zero-order chi connectivity index (χ0) is 13.8. The summed E-state index contributed by atoms with van der Waals surface area (Å²) in [6.45, 7) is 0.421. The number of rotatable bonds is 5. The van der Waals surface area contributed by atoms with Gasteiger partial charge in [0.25, 0.3) is 0 Å². The van der Waals surface area contributed by atoms with Crippen molar-refractivity contribution in [3.63, 3.8) is 0 Å². The molecule has 0 bridgehead atoms. The summed E-state index contributed by atoms with van der Waals surface area (Å²) in [5.74, 6) is -0.854. The Morgan fingerprint density at radius 3 is 2.84 bits per heavy atom. The minimum Gasteiger partial charge on any atom is -0.481 e. The molecule has 0 fully saturated rings. The molecule has 6 heteroatoms. The minimum absolute atomic E-state index is 0.00836. The summed E-state index contributed by atoms with van der Waals surface area (Å²) in [6, 6.07) is 7.03. The van der Waals surface area contributed by atoms with E-state index in [0.717, 1.165) is 0 Å². The van der Waals surface area contributed by atoms with E-state index in [9.17, 15) is 9.59 Å². The highest BCUT2D eigenvalue weighted by Gasteiger charge is 2.11. The first kappa shape index (κ1) is 12.9. The van der Waals surface area contributed by atoms with E-state index < -0.39 is 11.6 Å². The van der Waals surface area contributed by atoms with E-state index in [4.69, 9.17) is 15.3 Å². The molecule has 0 atom stereocenters. The minimum atomic E-state index is -0.854. The Labute approximate surface area is 108 Å². The first-order chi connectivity index (χ1) is 9.09. The van der Waals surface area contributed by atoms with Crippen LogP contribution in [0.3, 0.4) is 0 Å². The van der Waals surface area contributed by atoms with Gasteiger partial charge in [0.1, 0.15) is 11.3 Å². The Bertz CT molecular complexity index is 663. The highest BCUT2D eigenvalue weighted by atomic mass is 16.4. The number of carboxylic acid groups (broad SMARTS) is 1. The smallest absolute Gasteiger partial charge is 0.361 e. The number of carboxylic acids is 1. The molecule has 2 aromatic rings. The van der Waals surface area contributed by atoms with E-state index in [2.05, 4.69) is 5.32 Å². The largest absolute Gasteiger partial charge is 0.481 e. The number of para-hydroxylation sites is 1. The van der Waals surface area contributed by atoms with Gasteiger partial charge in [-0.2, -0.15) is 0 Å². The number of fused-ring (bicyclic) bond motifs is 1. The van der Waals surface area contributed by atoms with Gasteiger partial charge in [0.05, 0.1) is 5.69 Å². The van der Waals surface area contributed by atoms with E-state index in [1.54, 1.807) is 18.2 Å². The average Bonchev–Trinajstić information content (AvgIpc) is 2.38. The summed E-state index contributed by atoms with van der Waals surface area (Å²) >= 11 is 0. The molecule has 0 aliphatic rings. The number of benzene rings is 1. The van der Waals surface area contributed by atoms with E-state index in [1.807, 2.05) is 6.07 Å². The second kappa shape index (κ2) is 5.43. The summed E-state index contributed by atoms with van der Waals surface area (Å²) in [4.78, 5) is 22.0. The van der Waals surface area contributed by atoms with Gasteiger partial charge in [-0.1, -0.05) is 12.1 Å². The van der Waals surface area contributed by atoms with Crippen LogP contribution in [0.1, 0.15) is 12.8 Å². The molecule has 0 saturated carbocycles. The number of nitrogen functional groups attached to an aromatic ring is 1.